The molecule has 3 rings (SSSR count). The third kappa shape index (κ3) is 2.29. The summed E-state index contributed by atoms with van der Waals surface area (Å²) in [5.41, 5.74) is 0.820. The number of aromatic carboxylic acids is 1. The van der Waals surface area contributed by atoms with E-state index in [4.69, 9.17) is 4.74 Å². The predicted octanol–water partition coefficient (Wildman–Crippen LogP) is 3.00. The fourth-order valence-electron chi connectivity index (χ4n) is 2.26. The van der Waals surface area contributed by atoms with Crippen LogP contribution in [0, 0.1) is 0 Å². The van der Waals surface area contributed by atoms with Crippen LogP contribution in [0.15, 0.2) is 48.8 Å². The summed E-state index contributed by atoms with van der Waals surface area (Å²) in [5, 5.41) is 11.3. The first-order chi connectivity index (χ1) is 10.2. The Labute approximate surface area is 120 Å². The van der Waals surface area contributed by atoms with Gasteiger partial charge in [0.15, 0.2) is 5.69 Å². The van der Waals surface area contributed by atoms with Gasteiger partial charge in [0, 0.05) is 18.0 Å². The van der Waals surface area contributed by atoms with Crippen LogP contribution in [0.2, 0.25) is 0 Å². The van der Waals surface area contributed by atoms with E-state index in [0.29, 0.717) is 17.0 Å². The van der Waals surface area contributed by atoms with Gasteiger partial charge in [0.1, 0.15) is 11.4 Å². The lowest BCUT2D eigenvalue weighted by molar-refractivity contribution is 0.0691. The molecule has 1 heterocycles. The summed E-state index contributed by atoms with van der Waals surface area (Å²) in [6, 6.07) is 11.5. The van der Waals surface area contributed by atoms with Crippen LogP contribution in [-0.4, -0.2) is 28.2 Å². The van der Waals surface area contributed by atoms with Gasteiger partial charge in [-0.15, -0.1) is 0 Å². The van der Waals surface area contributed by atoms with Crippen LogP contribution in [0.25, 0.3) is 22.0 Å². The van der Waals surface area contributed by atoms with Crippen molar-refractivity contribution in [2.45, 2.75) is 0 Å². The second-order valence-corrected chi connectivity index (χ2v) is 4.46. The molecule has 0 unspecified atom stereocenters. The maximum Gasteiger partial charge on any atom is 0.356 e. The molecule has 104 valence electrons. The maximum absolute atomic E-state index is 11.3. The van der Waals surface area contributed by atoms with E-state index >= 15 is 0 Å². The van der Waals surface area contributed by atoms with E-state index in [0.717, 1.165) is 10.8 Å². The number of aromatic nitrogens is 2. The predicted molar refractivity (Wildman–Crippen MR) is 78.5 cm³/mol. The first-order valence-electron chi connectivity index (χ1n) is 6.32. The molecule has 0 radical (unpaired) electrons. The Hall–Kier alpha value is -2.95. The minimum absolute atomic E-state index is 0.0916. The zero-order valence-corrected chi connectivity index (χ0v) is 11.3. The van der Waals surface area contributed by atoms with Crippen molar-refractivity contribution in [3.8, 4) is 17.0 Å². The number of methoxy groups -OCH3 is 1. The van der Waals surface area contributed by atoms with Crippen LogP contribution in [0.3, 0.4) is 0 Å². The van der Waals surface area contributed by atoms with Crippen molar-refractivity contribution in [3.63, 3.8) is 0 Å². The summed E-state index contributed by atoms with van der Waals surface area (Å²) in [5.74, 6) is -0.551. The summed E-state index contributed by atoms with van der Waals surface area (Å²) in [6.07, 6.45) is 2.83. The number of hydrogen-bond acceptors (Lipinski definition) is 4. The van der Waals surface area contributed by atoms with Crippen LogP contribution in [0.4, 0.5) is 0 Å². The number of carboxylic acid groups (broad SMARTS) is 1. The summed E-state index contributed by atoms with van der Waals surface area (Å²) in [4.78, 5) is 19.4. The molecular formula is C16H12N2O3. The van der Waals surface area contributed by atoms with Gasteiger partial charge in [0.25, 0.3) is 0 Å². The molecule has 0 aliphatic carbocycles. The van der Waals surface area contributed by atoms with Gasteiger partial charge in [-0.25, -0.2) is 9.78 Å². The molecule has 1 N–H and O–H groups in total. The topological polar surface area (TPSA) is 72.3 Å². The Balaban J connectivity index is 2.31. The molecule has 0 amide bonds. The second-order valence-electron chi connectivity index (χ2n) is 4.46. The Morgan fingerprint density at radius 3 is 2.43 bits per heavy atom. The van der Waals surface area contributed by atoms with E-state index in [9.17, 15) is 9.90 Å². The third-order valence-corrected chi connectivity index (χ3v) is 3.22. The molecular weight excluding hydrogens is 268 g/mol. The van der Waals surface area contributed by atoms with Crippen molar-refractivity contribution in [2.24, 2.45) is 0 Å². The minimum atomic E-state index is -1.12. The molecule has 0 atom stereocenters. The third-order valence-electron chi connectivity index (χ3n) is 3.22. The molecule has 0 aliphatic heterocycles. The van der Waals surface area contributed by atoms with Crippen molar-refractivity contribution >= 4 is 16.7 Å². The zero-order valence-electron chi connectivity index (χ0n) is 11.3. The average molecular weight is 280 g/mol. The maximum atomic E-state index is 11.3. The largest absolute Gasteiger partial charge is 0.496 e. The van der Waals surface area contributed by atoms with Gasteiger partial charge in [-0.05, 0) is 22.9 Å². The first kappa shape index (κ1) is 13.1. The summed E-state index contributed by atoms with van der Waals surface area (Å²) >= 11 is 0. The number of carboxylic acids is 1. The van der Waals surface area contributed by atoms with E-state index in [-0.39, 0.29) is 5.69 Å². The number of nitrogens with zero attached hydrogens (tertiary/aromatic N) is 2. The quantitative estimate of drug-likeness (QED) is 0.798. The smallest absolute Gasteiger partial charge is 0.356 e. The molecule has 0 aliphatic rings. The number of rotatable bonds is 3. The van der Waals surface area contributed by atoms with Crippen molar-refractivity contribution in [2.75, 3.05) is 7.11 Å². The zero-order chi connectivity index (χ0) is 14.8. The lowest BCUT2D eigenvalue weighted by atomic mass is 10.0. The Morgan fingerprint density at radius 2 is 1.76 bits per heavy atom. The van der Waals surface area contributed by atoms with Crippen molar-refractivity contribution in [1.82, 2.24) is 9.97 Å². The van der Waals surface area contributed by atoms with Gasteiger partial charge in [0.05, 0.1) is 7.11 Å². The summed E-state index contributed by atoms with van der Waals surface area (Å²) in [7, 11) is 1.55. The number of carbonyl (C=O) groups is 1. The van der Waals surface area contributed by atoms with Gasteiger partial charge in [0.2, 0.25) is 0 Å². The second kappa shape index (κ2) is 5.20. The highest BCUT2D eigenvalue weighted by atomic mass is 16.5. The molecule has 5 nitrogen and oxygen atoms in total. The SMILES string of the molecule is COc1cc2ccccc2cc1-c1nccnc1C(=O)O. The monoisotopic (exact) mass is 280 g/mol. The number of benzene rings is 2. The lowest BCUT2D eigenvalue weighted by Crippen LogP contribution is -2.05. The van der Waals surface area contributed by atoms with Crippen molar-refractivity contribution < 1.29 is 14.6 Å². The number of hydrogen-bond donors (Lipinski definition) is 1. The molecule has 0 saturated heterocycles. The van der Waals surface area contributed by atoms with Gasteiger partial charge >= 0.3 is 5.97 Å². The fraction of sp³-hybridized carbons (Fsp3) is 0.0625. The Morgan fingerprint density at radius 1 is 1.10 bits per heavy atom. The highest BCUT2D eigenvalue weighted by Crippen LogP contribution is 2.34. The number of ether oxygens (including phenoxy) is 1. The van der Waals surface area contributed by atoms with E-state index in [1.165, 1.54) is 12.4 Å². The van der Waals surface area contributed by atoms with E-state index in [1.807, 2.05) is 36.4 Å². The molecule has 3 aromatic rings. The van der Waals surface area contributed by atoms with Gasteiger partial charge in [-0.3, -0.25) is 4.98 Å². The highest BCUT2D eigenvalue weighted by Gasteiger charge is 2.18. The number of fused-ring (bicyclic) bond motifs is 1. The van der Waals surface area contributed by atoms with Crippen LogP contribution in [0.5, 0.6) is 5.75 Å². The highest BCUT2D eigenvalue weighted by molar-refractivity contribution is 5.96. The molecule has 0 saturated carbocycles. The van der Waals surface area contributed by atoms with Gasteiger partial charge in [-0.2, -0.15) is 0 Å². The van der Waals surface area contributed by atoms with Gasteiger partial charge < -0.3 is 9.84 Å². The van der Waals surface area contributed by atoms with E-state index in [1.54, 1.807) is 7.11 Å². The summed E-state index contributed by atoms with van der Waals surface area (Å²) < 4.78 is 5.38. The molecule has 21 heavy (non-hydrogen) atoms. The Kier molecular flexibility index (Phi) is 3.23. The molecule has 1 aromatic heterocycles. The van der Waals surface area contributed by atoms with E-state index < -0.39 is 5.97 Å². The molecule has 2 aromatic carbocycles. The van der Waals surface area contributed by atoms with Crippen LogP contribution in [-0.2, 0) is 0 Å². The fourth-order valence-corrected chi connectivity index (χ4v) is 2.26. The normalized spacial score (nSPS) is 10.5. The molecule has 0 bridgehead atoms. The Bertz CT molecular complexity index is 831. The minimum Gasteiger partial charge on any atom is -0.496 e. The van der Waals surface area contributed by atoms with Crippen molar-refractivity contribution in [1.29, 1.82) is 0 Å². The van der Waals surface area contributed by atoms with Crippen molar-refractivity contribution in [3.05, 3.63) is 54.5 Å². The lowest BCUT2D eigenvalue weighted by Gasteiger charge is -2.11. The van der Waals surface area contributed by atoms with Gasteiger partial charge in [-0.1, -0.05) is 24.3 Å². The first-order valence-corrected chi connectivity index (χ1v) is 6.32. The van der Waals surface area contributed by atoms with E-state index in [2.05, 4.69) is 9.97 Å². The average Bonchev–Trinajstić information content (AvgIpc) is 2.53. The standard InChI is InChI=1S/C16H12N2O3/c1-21-13-9-11-5-3-2-4-10(11)8-12(13)14-15(16(19)20)18-7-6-17-14/h2-9H,1H3,(H,19,20). The molecule has 0 spiro atoms. The molecule has 0 fully saturated rings. The molecule has 5 heteroatoms. The van der Waals surface area contributed by atoms with Crippen LogP contribution >= 0.6 is 0 Å². The van der Waals surface area contributed by atoms with Crippen LogP contribution in [0.1, 0.15) is 10.5 Å². The summed E-state index contributed by atoms with van der Waals surface area (Å²) in [6.45, 7) is 0. The van der Waals surface area contributed by atoms with Crippen LogP contribution < -0.4 is 4.74 Å².